The fourth-order valence-corrected chi connectivity index (χ4v) is 4.84. The zero-order valence-electron chi connectivity index (χ0n) is 17.4. The second-order valence-electron chi connectivity index (χ2n) is 7.99. The Hall–Kier alpha value is -2.21. The van der Waals surface area contributed by atoms with Gasteiger partial charge >= 0.3 is 0 Å². The molecule has 2 aromatic rings. The van der Waals surface area contributed by atoms with Crippen molar-refractivity contribution in [2.45, 2.75) is 31.6 Å². The van der Waals surface area contributed by atoms with Crippen molar-refractivity contribution in [1.82, 2.24) is 4.90 Å². The van der Waals surface area contributed by atoms with Crippen molar-refractivity contribution in [2.24, 2.45) is 5.92 Å². The minimum Gasteiger partial charge on any atom is -0.497 e. The van der Waals surface area contributed by atoms with E-state index in [1.807, 2.05) is 24.3 Å². The Kier molecular flexibility index (Phi) is 7.06. The third-order valence-electron chi connectivity index (χ3n) is 6.52. The maximum atomic E-state index is 5.54. The van der Waals surface area contributed by atoms with Crippen LogP contribution in [0.2, 0.25) is 0 Å². The molecule has 2 atom stereocenters. The molecule has 2 nitrogen and oxygen atoms in total. The van der Waals surface area contributed by atoms with Crippen LogP contribution in [0, 0.1) is 17.8 Å². The second-order valence-corrected chi connectivity index (χ2v) is 7.99. The number of fused-ring (bicyclic) bond motifs is 1. The molecule has 0 aromatic heterocycles. The molecule has 0 spiro atoms. The average Bonchev–Trinajstić information content (AvgIpc) is 2.77. The molecule has 0 unspecified atom stereocenters. The summed E-state index contributed by atoms with van der Waals surface area (Å²) in [5, 5.41) is 0. The molecule has 1 fully saturated rings. The van der Waals surface area contributed by atoms with Crippen molar-refractivity contribution < 1.29 is 4.74 Å². The van der Waals surface area contributed by atoms with Crippen molar-refractivity contribution in [3.05, 3.63) is 77.4 Å². The topological polar surface area (TPSA) is 12.5 Å². The third-order valence-corrected chi connectivity index (χ3v) is 6.52. The lowest BCUT2D eigenvalue weighted by Gasteiger charge is -2.50. The molecule has 1 aliphatic carbocycles. The quantitative estimate of drug-likeness (QED) is 0.625. The largest absolute Gasteiger partial charge is 0.497 e. The SMILES string of the molecule is CCN1CC[C@]2(c3cccc(OC)c3)CC(C#Cc3ccccc3)=CC[C@H]2C1.Cl. The summed E-state index contributed by atoms with van der Waals surface area (Å²) in [6.07, 6.45) is 5.70. The minimum absolute atomic E-state index is 0. The zero-order valence-corrected chi connectivity index (χ0v) is 18.2. The summed E-state index contributed by atoms with van der Waals surface area (Å²) in [6.45, 7) is 5.73. The molecule has 1 saturated heterocycles. The monoisotopic (exact) mass is 407 g/mol. The molecule has 2 aliphatic rings. The Labute approximate surface area is 181 Å². The van der Waals surface area contributed by atoms with Crippen LogP contribution in [0.15, 0.2) is 66.2 Å². The highest BCUT2D eigenvalue weighted by Gasteiger charge is 2.45. The molecule has 0 N–H and O–H groups in total. The van der Waals surface area contributed by atoms with Crippen molar-refractivity contribution in [1.29, 1.82) is 0 Å². The Morgan fingerprint density at radius 3 is 2.69 bits per heavy atom. The fourth-order valence-electron chi connectivity index (χ4n) is 4.84. The molecule has 29 heavy (non-hydrogen) atoms. The van der Waals surface area contributed by atoms with E-state index >= 15 is 0 Å². The molecule has 1 heterocycles. The molecule has 0 bridgehead atoms. The Bertz CT molecular complexity index is 911. The van der Waals surface area contributed by atoms with E-state index in [2.05, 4.69) is 60.1 Å². The van der Waals surface area contributed by atoms with Crippen LogP contribution >= 0.6 is 12.4 Å². The maximum absolute atomic E-state index is 5.54. The molecule has 0 saturated carbocycles. The van der Waals surface area contributed by atoms with Gasteiger partial charge in [-0.25, -0.2) is 0 Å². The van der Waals surface area contributed by atoms with E-state index in [1.165, 1.54) is 24.1 Å². The first kappa shape index (κ1) is 21.5. The van der Waals surface area contributed by atoms with Gasteiger partial charge in [-0.15, -0.1) is 12.4 Å². The molecule has 4 rings (SSSR count). The molecule has 152 valence electrons. The molecule has 0 amide bonds. The highest BCUT2D eigenvalue weighted by Crippen LogP contribution is 2.49. The van der Waals surface area contributed by atoms with E-state index in [1.54, 1.807) is 7.11 Å². The van der Waals surface area contributed by atoms with Crippen molar-refractivity contribution >= 4 is 12.4 Å². The summed E-state index contributed by atoms with van der Waals surface area (Å²) in [5.41, 5.74) is 3.95. The van der Waals surface area contributed by atoms with E-state index in [-0.39, 0.29) is 17.8 Å². The van der Waals surface area contributed by atoms with Gasteiger partial charge in [0, 0.05) is 17.5 Å². The lowest BCUT2D eigenvalue weighted by atomic mass is 9.59. The van der Waals surface area contributed by atoms with Gasteiger partial charge < -0.3 is 9.64 Å². The minimum atomic E-state index is 0. The number of hydrogen-bond donors (Lipinski definition) is 0. The van der Waals surface area contributed by atoms with Crippen LogP contribution in [0.4, 0.5) is 0 Å². The van der Waals surface area contributed by atoms with E-state index in [4.69, 9.17) is 4.74 Å². The molecule has 2 aromatic carbocycles. The van der Waals surface area contributed by atoms with Gasteiger partial charge in [0.1, 0.15) is 5.75 Å². The number of likely N-dealkylation sites (tertiary alicyclic amines) is 1. The van der Waals surface area contributed by atoms with E-state index < -0.39 is 0 Å². The lowest BCUT2D eigenvalue weighted by molar-refractivity contribution is 0.0895. The zero-order chi connectivity index (χ0) is 19.4. The number of methoxy groups -OCH3 is 1. The fraction of sp³-hybridized carbons (Fsp3) is 0.385. The number of ether oxygens (including phenoxy) is 1. The molecule has 0 radical (unpaired) electrons. The van der Waals surface area contributed by atoms with Gasteiger partial charge in [-0.1, -0.05) is 55.2 Å². The van der Waals surface area contributed by atoms with Crippen LogP contribution in [0.3, 0.4) is 0 Å². The number of benzene rings is 2. The highest BCUT2D eigenvalue weighted by molar-refractivity contribution is 5.85. The predicted octanol–water partition coefficient (Wildman–Crippen LogP) is 5.47. The van der Waals surface area contributed by atoms with Gasteiger partial charge in [-0.05, 0) is 73.7 Å². The van der Waals surface area contributed by atoms with Crippen molar-refractivity contribution in [3.8, 4) is 17.6 Å². The maximum Gasteiger partial charge on any atom is 0.119 e. The van der Waals surface area contributed by atoms with Gasteiger partial charge in [-0.2, -0.15) is 0 Å². The summed E-state index contributed by atoms with van der Waals surface area (Å²) < 4.78 is 5.54. The Morgan fingerprint density at radius 1 is 1.10 bits per heavy atom. The van der Waals surface area contributed by atoms with Gasteiger partial charge in [0.15, 0.2) is 0 Å². The van der Waals surface area contributed by atoms with Gasteiger partial charge in [-0.3, -0.25) is 0 Å². The predicted molar refractivity (Wildman–Crippen MR) is 123 cm³/mol. The van der Waals surface area contributed by atoms with E-state index in [0.29, 0.717) is 5.92 Å². The Balaban J connectivity index is 0.00000240. The number of piperidine rings is 1. The average molecular weight is 408 g/mol. The smallest absolute Gasteiger partial charge is 0.119 e. The molecular weight excluding hydrogens is 378 g/mol. The van der Waals surface area contributed by atoms with Gasteiger partial charge in [0.05, 0.1) is 7.11 Å². The Morgan fingerprint density at radius 2 is 1.93 bits per heavy atom. The van der Waals surface area contributed by atoms with Crippen LogP contribution in [0.1, 0.15) is 37.3 Å². The first-order valence-corrected chi connectivity index (χ1v) is 10.4. The highest BCUT2D eigenvalue weighted by atomic mass is 35.5. The summed E-state index contributed by atoms with van der Waals surface area (Å²) in [4.78, 5) is 2.59. The summed E-state index contributed by atoms with van der Waals surface area (Å²) in [6, 6.07) is 19.0. The van der Waals surface area contributed by atoms with Crippen molar-refractivity contribution in [2.75, 3.05) is 26.7 Å². The molecule has 3 heteroatoms. The molecule has 1 aliphatic heterocycles. The van der Waals surface area contributed by atoms with Crippen LogP contribution in [-0.2, 0) is 5.41 Å². The van der Waals surface area contributed by atoms with Crippen LogP contribution in [0.5, 0.6) is 5.75 Å². The van der Waals surface area contributed by atoms with E-state index in [0.717, 1.165) is 37.2 Å². The van der Waals surface area contributed by atoms with Gasteiger partial charge in [0.2, 0.25) is 0 Å². The van der Waals surface area contributed by atoms with Crippen LogP contribution in [0.25, 0.3) is 0 Å². The summed E-state index contributed by atoms with van der Waals surface area (Å²) in [5.74, 6) is 8.44. The lowest BCUT2D eigenvalue weighted by Crippen LogP contribution is -2.51. The van der Waals surface area contributed by atoms with Gasteiger partial charge in [0.25, 0.3) is 0 Å². The number of rotatable bonds is 3. The standard InChI is InChI=1S/C26H29NO.ClH/c1-3-27-17-16-26(23-10-7-11-25(18-23)28-2)19-22(14-15-24(26)20-27)13-12-21-8-5-4-6-9-21;/h4-11,14,18,24H,3,15-17,19-20H2,1-2H3;1H/t24-,26+;/m0./s1. The third kappa shape index (κ3) is 4.53. The van der Waals surface area contributed by atoms with E-state index in [9.17, 15) is 0 Å². The number of halogens is 1. The number of allylic oxidation sites excluding steroid dienone is 2. The van der Waals surface area contributed by atoms with Crippen molar-refractivity contribution in [3.63, 3.8) is 0 Å². The number of nitrogens with zero attached hydrogens (tertiary/aromatic N) is 1. The second kappa shape index (κ2) is 9.53. The van der Waals surface area contributed by atoms with Crippen LogP contribution < -0.4 is 4.74 Å². The van der Waals surface area contributed by atoms with Crippen LogP contribution in [-0.4, -0.2) is 31.6 Å². The normalized spacial score (nSPS) is 23.7. The number of hydrogen-bond acceptors (Lipinski definition) is 2. The first-order valence-electron chi connectivity index (χ1n) is 10.4. The summed E-state index contributed by atoms with van der Waals surface area (Å²) >= 11 is 0. The first-order chi connectivity index (χ1) is 13.7. The molecular formula is C26H30ClNO. The summed E-state index contributed by atoms with van der Waals surface area (Å²) in [7, 11) is 1.76.